The Morgan fingerprint density at radius 3 is 2.67 bits per heavy atom. The SMILES string of the molecule is Cc1cccc(CC(=O)NCCOc2ccc(N)cc2)c1. The van der Waals surface area contributed by atoms with Gasteiger partial charge in [-0.3, -0.25) is 4.79 Å². The van der Waals surface area contributed by atoms with Gasteiger partial charge in [0.25, 0.3) is 0 Å². The minimum atomic E-state index is 0.00139. The first kappa shape index (κ1) is 14.9. The molecule has 4 nitrogen and oxygen atoms in total. The van der Waals surface area contributed by atoms with Gasteiger partial charge in [-0.15, -0.1) is 0 Å². The summed E-state index contributed by atoms with van der Waals surface area (Å²) >= 11 is 0. The number of nitrogens with two attached hydrogens (primary N) is 1. The number of hydrogen-bond acceptors (Lipinski definition) is 3. The zero-order chi connectivity index (χ0) is 15.1. The second kappa shape index (κ2) is 7.33. The lowest BCUT2D eigenvalue weighted by atomic mass is 10.1. The summed E-state index contributed by atoms with van der Waals surface area (Å²) in [5.74, 6) is 0.749. The fourth-order valence-electron chi connectivity index (χ4n) is 1.99. The maximum atomic E-state index is 11.8. The van der Waals surface area contributed by atoms with E-state index in [1.165, 1.54) is 0 Å². The minimum absolute atomic E-state index is 0.00139. The third kappa shape index (κ3) is 5.18. The van der Waals surface area contributed by atoms with Crippen molar-refractivity contribution in [2.45, 2.75) is 13.3 Å². The summed E-state index contributed by atoms with van der Waals surface area (Å²) < 4.78 is 5.51. The van der Waals surface area contributed by atoms with E-state index in [4.69, 9.17) is 10.5 Å². The van der Waals surface area contributed by atoms with Crippen LogP contribution >= 0.6 is 0 Å². The molecular formula is C17H20N2O2. The molecule has 0 atom stereocenters. The number of nitrogen functional groups attached to an aromatic ring is 1. The average Bonchev–Trinajstić information content (AvgIpc) is 2.45. The van der Waals surface area contributed by atoms with Gasteiger partial charge < -0.3 is 15.8 Å². The van der Waals surface area contributed by atoms with E-state index in [2.05, 4.69) is 5.32 Å². The minimum Gasteiger partial charge on any atom is -0.492 e. The van der Waals surface area contributed by atoms with Crippen LogP contribution in [0, 0.1) is 6.92 Å². The Balaban J connectivity index is 1.68. The summed E-state index contributed by atoms with van der Waals surface area (Å²) in [5.41, 5.74) is 8.47. The van der Waals surface area contributed by atoms with Crippen molar-refractivity contribution in [1.82, 2.24) is 5.32 Å². The summed E-state index contributed by atoms with van der Waals surface area (Å²) in [5, 5.41) is 2.84. The smallest absolute Gasteiger partial charge is 0.224 e. The van der Waals surface area contributed by atoms with Gasteiger partial charge in [-0.25, -0.2) is 0 Å². The van der Waals surface area contributed by atoms with Crippen molar-refractivity contribution in [3.05, 3.63) is 59.7 Å². The second-order valence-corrected chi connectivity index (χ2v) is 4.93. The monoisotopic (exact) mass is 284 g/mol. The van der Waals surface area contributed by atoms with Gasteiger partial charge in [-0.05, 0) is 36.8 Å². The molecule has 110 valence electrons. The standard InChI is InChI=1S/C17H20N2O2/c1-13-3-2-4-14(11-13)12-17(20)19-9-10-21-16-7-5-15(18)6-8-16/h2-8,11H,9-10,12,18H2,1H3,(H,19,20). The molecule has 0 saturated heterocycles. The quantitative estimate of drug-likeness (QED) is 0.632. The van der Waals surface area contributed by atoms with Crippen molar-refractivity contribution in [3.63, 3.8) is 0 Å². The van der Waals surface area contributed by atoms with Crippen molar-refractivity contribution in [2.75, 3.05) is 18.9 Å². The molecule has 2 aromatic carbocycles. The van der Waals surface area contributed by atoms with Crippen LogP contribution < -0.4 is 15.8 Å². The van der Waals surface area contributed by atoms with Crippen LogP contribution in [0.4, 0.5) is 5.69 Å². The molecule has 2 aromatic rings. The Kier molecular flexibility index (Phi) is 5.21. The normalized spacial score (nSPS) is 10.1. The molecule has 0 aliphatic rings. The Morgan fingerprint density at radius 2 is 1.95 bits per heavy atom. The second-order valence-electron chi connectivity index (χ2n) is 4.93. The number of carbonyl (C=O) groups is 1. The number of nitrogens with one attached hydrogen (secondary N) is 1. The van der Waals surface area contributed by atoms with Crippen LogP contribution in [0.1, 0.15) is 11.1 Å². The lowest BCUT2D eigenvalue weighted by molar-refractivity contribution is -0.120. The van der Waals surface area contributed by atoms with Gasteiger partial charge in [0.2, 0.25) is 5.91 Å². The maximum Gasteiger partial charge on any atom is 0.224 e. The highest BCUT2D eigenvalue weighted by Crippen LogP contribution is 2.12. The molecule has 21 heavy (non-hydrogen) atoms. The first-order valence-electron chi connectivity index (χ1n) is 6.94. The highest BCUT2D eigenvalue weighted by Gasteiger charge is 2.03. The molecule has 0 spiro atoms. The summed E-state index contributed by atoms with van der Waals surface area (Å²) in [7, 11) is 0. The van der Waals surface area contributed by atoms with E-state index in [0.29, 0.717) is 25.3 Å². The van der Waals surface area contributed by atoms with Crippen molar-refractivity contribution in [1.29, 1.82) is 0 Å². The molecule has 0 aromatic heterocycles. The average molecular weight is 284 g/mol. The molecule has 0 aliphatic heterocycles. The number of hydrogen-bond donors (Lipinski definition) is 2. The van der Waals surface area contributed by atoms with E-state index < -0.39 is 0 Å². The Morgan fingerprint density at radius 1 is 1.19 bits per heavy atom. The maximum absolute atomic E-state index is 11.8. The van der Waals surface area contributed by atoms with Crippen molar-refractivity contribution in [3.8, 4) is 5.75 Å². The molecule has 0 bridgehead atoms. The van der Waals surface area contributed by atoms with Gasteiger partial charge in [0.1, 0.15) is 12.4 Å². The fourth-order valence-corrected chi connectivity index (χ4v) is 1.99. The van der Waals surface area contributed by atoms with Crippen LogP contribution in [0.5, 0.6) is 5.75 Å². The van der Waals surface area contributed by atoms with Gasteiger partial charge in [0, 0.05) is 5.69 Å². The molecule has 0 aliphatic carbocycles. The highest BCUT2D eigenvalue weighted by atomic mass is 16.5. The molecule has 1 amide bonds. The van der Waals surface area contributed by atoms with Gasteiger partial charge in [0.05, 0.1) is 13.0 Å². The van der Waals surface area contributed by atoms with Crippen LogP contribution in [0.2, 0.25) is 0 Å². The van der Waals surface area contributed by atoms with Gasteiger partial charge in [0.15, 0.2) is 0 Å². The van der Waals surface area contributed by atoms with Crippen molar-refractivity contribution >= 4 is 11.6 Å². The van der Waals surface area contributed by atoms with Crippen molar-refractivity contribution < 1.29 is 9.53 Å². The highest BCUT2D eigenvalue weighted by molar-refractivity contribution is 5.78. The van der Waals surface area contributed by atoms with E-state index in [-0.39, 0.29) is 5.91 Å². The third-order valence-corrected chi connectivity index (χ3v) is 3.02. The Bertz CT molecular complexity index is 594. The first-order chi connectivity index (χ1) is 10.1. The van der Waals surface area contributed by atoms with Crippen molar-refractivity contribution in [2.24, 2.45) is 0 Å². The summed E-state index contributed by atoms with van der Waals surface area (Å²) in [6, 6.07) is 15.1. The number of anilines is 1. The number of rotatable bonds is 6. The van der Waals surface area contributed by atoms with Gasteiger partial charge >= 0.3 is 0 Å². The molecular weight excluding hydrogens is 264 g/mol. The van der Waals surface area contributed by atoms with E-state index in [1.54, 1.807) is 12.1 Å². The molecule has 2 rings (SSSR count). The first-order valence-corrected chi connectivity index (χ1v) is 6.94. The number of ether oxygens (including phenoxy) is 1. The fraction of sp³-hybridized carbons (Fsp3) is 0.235. The summed E-state index contributed by atoms with van der Waals surface area (Å²) in [6.45, 7) is 2.93. The molecule has 0 heterocycles. The largest absolute Gasteiger partial charge is 0.492 e. The molecule has 0 unspecified atom stereocenters. The molecule has 3 N–H and O–H groups in total. The number of benzene rings is 2. The predicted molar refractivity (Wildman–Crippen MR) is 84.2 cm³/mol. The summed E-state index contributed by atoms with van der Waals surface area (Å²) in [4.78, 5) is 11.8. The Labute approximate surface area is 124 Å². The zero-order valence-electron chi connectivity index (χ0n) is 12.1. The van der Waals surface area contributed by atoms with E-state index in [0.717, 1.165) is 16.9 Å². The number of aryl methyl sites for hydroxylation is 1. The van der Waals surface area contributed by atoms with Crippen LogP contribution in [-0.2, 0) is 11.2 Å². The molecule has 0 fully saturated rings. The lowest BCUT2D eigenvalue weighted by Crippen LogP contribution is -2.29. The van der Waals surface area contributed by atoms with Crippen LogP contribution in [0.25, 0.3) is 0 Å². The lowest BCUT2D eigenvalue weighted by Gasteiger charge is -2.08. The molecule has 0 saturated carbocycles. The van der Waals surface area contributed by atoms with Crippen LogP contribution in [-0.4, -0.2) is 19.1 Å². The number of amides is 1. The zero-order valence-corrected chi connectivity index (χ0v) is 12.1. The predicted octanol–water partition coefficient (Wildman–Crippen LogP) is 2.31. The van der Waals surface area contributed by atoms with Crippen LogP contribution in [0.15, 0.2) is 48.5 Å². The van der Waals surface area contributed by atoms with E-state index >= 15 is 0 Å². The van der Waals surface area contributed by atoms with Crippen LogP contribution in [0.3, 0.4) is 0 Å². The third-order valence-electron chi connectivity index (χ3n) is 3.02. The Hall–Kier alpha value is -2.49. The van der Waals surface area contributed by atoms with E-state index in [9.17, 15) is 4.79 Å². The van der Waals surface area contributed by atoms with Gasteiger partial charge in [-0.2, -0.15) is 0 Å². The molecule has 0 radical (unpaired) electrons. The molecule has 4 heteroatoms. The topological polar surface area (TPSA) is 64.3 Å². The summed E-state index contributed by atoms with van der Waals surface area (Å²) in [6.07, 6.45) is 0.392. The number of carbonyl (C=O) groups excluding carboxylic acids is 1. The van der Waals surface area contributed by atoms with E-state index in [1.807, 2.05) is 43.3 Å². The van der Waals surface area contributed by atoms with Gasteiger partial charge in [-0.1, -0.05) is 29.8 Å².